The van der Waals surface area contributed by atoms with E-state index in [0.717, 1.165) is 11.1 Å². The Labute approximate surface area is 125 Å². The molecule has 0 amide bonds. The van der Waals surface area contributed by atoms with E-state index in [-0.39, 0.29) is 0 Å². The zero-order valence-corrected chi connectivity index (χ0v) is 15.8. The molecule has 5 heteroatoms. The Morgan fingerprint density at radius 2 is 1.11 bits per heavy atom. The Bertz CT molecular complexity index is 523. The zero-order valence-electron chi connectivity index (χ0n) is 10.7. The topological polar surface area (TPSA) is 18.5 Å². The van der Waals surface area contributed by atoms with Gasteiger partial charge in [0.05, 0.1) is 0 Å². The second-order valence-electron chi connectivity index (χ2n) is 4.20. The van der Waals surface area contributed by atoms with Gasteiger partial charge in [0.15, 0.2) is 0 Å². The first-order chi connectivity index (χ1) is 8.98. The Kier molecular flexibility index (Phi) is 4.93. The van der Waals surface area contributed by atoms with Crippen molar-refractivity contribution in [1.29, 1.82) is 0 Å². The fourth-order valence-corrected chi connectivity index (χ4v) is 7.98. The summed E-state index contributed by atoms with van der Waals surface area (Å²) in [4.78, 5) is 0. The van der Waals surface area contributed by atoms with Crippen molar-refractivity contribution in [3.8, 4) is 11.5 Å². The molecule has 0 aliphatic heterocycles. The Morgan fingerprint density at radius 3 is 1.47 bits per heavy atom. The van der Waals surface area contributed by atoms with E-state index in [9.17, 15) is 0 Å². The Balaban J connectivity index is 2.15. The Hall–Kier alpha value is -0.510. The van der Waals surface area contributed by atoms with E-state index >= 15 is 0 Å². The molecule has 0 saturated carbocycles. The summed E-state index contributed by atoms with van der Waals surface area (Å²) in [6.45, 7) is 3.89. The summed E-state index contributed by atoms with van der Waals surface area (Å²) < 4.78 is 11.4. The normalized spacial score (nSPS) is 11.2. The van der Waals surface area contributed by atoms with Gasteiger partial charge in [0, 0.05) is 0 Å². The molecular weight excluding hydrogens is 450 g/mol. The number of hydrogen-bond acceptors (Lipinski definition) is 2. The molecular formula is C14H14Cl2HfO2. The molecule has 0 saturated heterocycles. The molecule has 0 unspecified atom stereocenters. The molecule has 0 atom stereocenters. The molecule has 2 aromatic carbocycles. The van der Waals surface area contributed by atoms with E-state index in [1.165, 1.54) is 0 Å². The van der Waals surface area contributed by atoms with Crippen LogP contribution in [0.25, 0.3) is 0 Å². The number of hydrogen-bond donors (Lipinski definition) is 0. The molecule has 0 bridgehead atoms. The molecule has 0 N–H and O–H groups in total. The summed E-state index contributed by atoms with van der Waals surface area (Å²) in [6.07, 6.45) is 0. The van der Waals surface area contributed by atoms with Gasteiger partial charge in [-0.2, -0.15) is 0 Å². The van der Waals surface area contributed by atoms with Crippen LogP contribution in [0.4, 0.5) is 0 Å². The summed E-state index contributed by atoms with van der Waals surface area (Å²) in [5.74, 6) is 1.37. The summed E-state index contributed by atoms with van der Waals surface area (Å²) in [5, 5.41) is 0. The molecule has 19 heavy (non-hydrogen) atoms. The van der Waals surface area contributed by atoms with Crippen LogP contribution in [0.5, 0.6) is 11.5 Å². The maximum atomic E-state index is 6.29. The first kappa shape index (κ1) is 14.9. The summed E-state index contributed by atoms with van der Waals surface area (Å²) in [7, 11) is 12.6. The van der Waals surface area contributed by atoms with E-state index in [4.69, 9.17) is 22.9 Å². The average molecular weight is 464 g/mol. The van der Waals surface area contributed by atoms with Crippen LogP contribution in [-0.4, -0.2) is 0 Å². The van der Waals surface area contributed by atoms with E-state index < -0.39 is 18.5 Å². The molecule has 2 aromatic rings. The van der Waals surface area contributed by atoms with E-state index in [1.807, 2.05) is 62.4 Å². The maximum absolute atomic E-state index is 6.29. The minimum absolute atomic E-state index is 0.683. The summed E-state index contributed by atoms with van der Waals surface area (Å²) in [5.41, 5.74) is 1.98. The molecule has 0 aromatic heterocycles. The van der Waals surface area contributed by atoms with Crippen molar-refractivity contribution in [3.63, 3.8) is 0 Å². The number of benzene rings is 2. The monoisotopic (exact) mass is 464 g/mol. The molecule has 0 radical (unpaired) electrons. The first-order valence-electron chi connectivity index (χ1n) is 5.85. The standard InChI is InChI=1S/2C7H8O.2ClH.Hf/c2*1-6-4-2-3-5-7(6)8;;;/h2*2-5,8H,1H3;2*1H;/q;;;;+4/p-4. The van der Waals surface area contributed by atoms with Gasteiger partial charge in [-0.1, -0.05) is 0 Å². The van der Waals surface area contributed by atoms with Crippen LogP contribution in [0.15, 0.2) is 48.5 Å². The van der Waals surface area contributed by atoms with Crippen molar-refractivity contribution in [2.75, 3.05) is 0 Å². The van der Waals surface area contributed by atoms with Crippen molar-refractivity contribution in [2.45, 2.75) is 13.8 Å². The average Bonchev–Trinajstić information content (AvgIpc) is 2.35. The molecule has 0 spiro atoms. The van der Waals surface area contributed by atoms with Gasteiger partial charge in [-0.05, 0) is 0 Å². The number of halogens is 2. The second kappa shape index (κ2) is 6.29. The molecule has 2 nitrogen and oxygen atoms in total. The zero-order chi connectivity index (χ0) is 13.9. The molecule has 0 heterocycles. The van der Waals surface area contributed by atoms with Crippen LogP contribution in [-0.2, 0) is 18.5 Å². The van der Waals surface area contributed by atoms with Crippen LogP contribution in [0.3, 0.4) is 0 Å². The number of rotatable bonds is 4. The van der Waals surface area contributed by atoms with E-state index in [1.54, 1.807) is 0 Å². The predicted octanol–water partition coefficient (Wildman–Crippen LogP) is 5.05. The van der Waals surface area contributed by atoms with E-state index in [2.05, 4.69) is 0 Å². The van der Waals surface area contributed by atoms with Gasteiger partial charge >= 0.3 is 126 Å². The summed E-state index contributed by atoms with van der Waals surface area (Å²) in [6, 6.07) is 15.2. The minimum atomic E-state index is -4.23. The third-order valence-electron chi connectivity index (χ3n) is 2.64. The SMILES string of the molecule is Cc1ccccc1[O][Hf]([Cl])([Cl])[O]c1ccccc1C. The van der Waals surface area contributed by atoms with Gasteiger partial charge in [-0.25, -0.2) is 0 Å². The summed E-state index contributed by atoms with van der Waals surface area (Å²) >= 11 is -4.23. The molecule has 2 rings (SSSR count). The predicted molar refractivity (Wildman–Crippen MR) is 75.3 cm³/mol. The van der Waals surface area contributed by atoms with Gasteiger partial charge in [-0.15, -0.1) is 0 Å². The van der Waals surface area contributed by atoms with Crippen LogP contribution >= 0.6 is 17.2 Å². The van der Waals surface area contributed by atoms with Crippen LogP contribution < -0.4 is 5.71 Å². The fraction of sp³-hybridized carbons (Fsp3) is 0.143. The van der Waals surface area contributed by atoms with Crippen molar-refractivity contribution < 1.29 is 24.2 Å². The third-order valence-corrected chi connectivity index (χ3v) is 8.46. The van der Waals surface area contributed by atoms with Crippen LogP contribution in [0.2, 0.25) is 0 Å². The third kappa shape index (κ3) is 4.23. The molecule has 0 fully saturated rings. The van der Waals surface area contributed by atoms with Gasteiger partial charge in [0.1, 0.15) is 0 Å². The van der Waals surface area contributed by atoms with Gasteiger partial charge in [0.2, 0.25) is 0 Å². The fourth-order valence-electron chi connectivity index (χ4n) is 1.62. The van der Waals surface area contributed by atoms with Gasteiger partial charge in [-0.3, -0.25) is 0 Å². The molecule has 0 aliphatic rings. The molecule has 0 aliphatic carbocycles. The van der Waals surface area contributed by atoms with Crippen molar-refractivity contribution in [3.05, 3.63) is 59.7 Å². The van der Waals surface area contributed by atoms with Crippen molar-refractivity contribution >= 4 is 17.2 Å². The van der Waals surface area contributed by atoms with Crippen molar-refractivity contribution in [2.24, 2.45) is 0 Å². The van der Waals surface area contributed by atoms with Crippen molar-refractivity contribution in [1.82, 2.24) is 0 Å². The quantitative estimate of drug-likeness (QED) is 0.591. The Morgan fingerprint density at radius 1 is 0.737 bits per heavy atom. The van der Waals surface area contributed by atoms with E-state index in [0.29, 0.717) is 11.5 Å². The van der Waals surface area contributed by atoms with Gasteiger partial charge < -0.3 is 0 Å². The number of para-hydroxylation sites is 2. The molecule has 100 valence electrons. The van der Waals surface area contributed by atoms with Crippen LogP contribution in [0.1, 0.15) is 11.1 Å². The van der Waals surface area contributed by atoms with Gasteiger partial charge in [0.25, 0.3) is 0 Å². The first-order valence-corrected chi connectivity index (χ1v) is 17.7. The van der Waals surface area contributed by atoms with Crippen LogP contribution in [0, 0.1) is 13.8 Å². The second-order valence-corrected chi connectivity index (χ2v) is 18.7. The number of aryl methyl sites for hydroxylation is 2.